The number of hydrogen-bond donors (Lipinski definition) is 0. The third-order valence-corrected chi connectivity index (χ3v) is 2.29. The van der Waals surface area contributed by atoms with Crippen LogP contribution < -0.4 is 0 Å². The fraction of sp³-hybridized carbons (Fsp3) is 0.333. The second-order valence-electron chi connectivity index (χ2n) is 3.13. The normalized spacial score (nSPS) is 10.9. The number of allylic oxidation sites excluding steroid dienone is 2. The van der Waals surface area contributed by atoms with Crippen LogP contribution in [0.4, 0.5) is 0 Å². The first kappa shape index (κ1) is 9.05. The Morgan fingerprint density at radius 3 is 2.67 bits per heavy atom. The first-order valence-corrected chi connectivity index (χ1v) is 4.42. The molecule has 0 aliphatic rings. The molecule has 0 aliphatic heterocycles. The molecule has 0 heterocycles. The van der Waals surface area contributed by atoms with E-state index in [1.807, 2.05) is 0 Å². The Balaban J connectivity index is 2.92. The molecule has 0 saturated heterocycles. The molecular weight excluding hydrogens is 144 g/mol. The average molecular weight is 160 g/mol. The molecule has 12 heavy (non-hydrogen) atoms. The standard InChI is InChI=1S/C12H16/c1-4-5-8-12-9-6-7-10(2)11(12)3/h4-7,9H,8H2,1-3H3. The Bertz CT molecular complexity index is 282. The van der Waals surface area contributed by atoms with Gasteiger partial charge in [-0.15, -0.1) is 0 Å². The summed E-state index contributed by atoms with van der Waals surface area (Å²) in [7, 11) is 0. The molecule has 0 N–H and O–H groups in total. The molecule has 0 unspecified atom stereocenters. The molecule has 0 amide bonds. The van der Waals surface area contributed by atoms with Crippen molar-refractivity contribution < 1.29 is 0 Å². The Labute approximate surface area is 74.9 Å². The van der Waals surface area contributed by atoms with Crippen LogP contribution >= 0.6 is 0 Å². The van der Waals surface area contributed by atoms with Gasteiger partial charge in [0.1, 0.15) is 0 Å². The summed E-state index contributed by atoms with van der Waals surface area (Å²) < 4.78 is 0. The number of aryl methyl sites for hydroxylation is 1. The highest BCUT2D eigenvalue weighted by Crippen LogP contribution is 2.13. The average Bonchev–Trinajstić information content (AvgIpc) is 2.08. The molecule has 0 aromatic heterocycles. The minimum Gasteiger partial charge on any atom is -0.0913 e. The summed E-state index contributed by atoms with van der Waals surface area (Å²) in [6.07, 6.45) is 5.35. The zero-order chi connectivity index (χ0) is 8.97. The number of benzene rings is 1. The lowest BCUT2D eigenvalue weighted by Gasteiger charge is -2.05. The van der Waals surface area contributed by atoms with Crippen LogP contribution in [0.1, 0.15) is 23.6 Å². The molecule has 1 aromatic rings. The van der Waals surface area contributed by atoms with Gasteiger partial charge in [0.25, 0.3) is 0 Å². The topological polar surface area (TPSA) is 0 Å². The van der Waals surface area contributed by atoms with Crippen molar-refractivity contribution in [2.24, 2.45) is 0 Å². The van der Waals surface area contributed by atoms with Crippen LogP contribution in [-0.4, -0.2) is 0 Å². The smallest absolute Gasteiger partial charge is 0.00948 e. The number of rotatable bonds is 2. The van der Waals surface area contributed by atoms with Crippen molar-refractivity contribution in [2.75, 3.05) is 0 Å². The fourth-order valence-electron chi connectivity index (χ4n) is 1.28. The zero-order valence-electron chi connectivity index (χ0n) is 8.09. The molecule has 0 aliphatic carbocycles. The molecular formula is C12H16. The maximum atomic E-state index is 2.20. The van der Waals surface area contributed by atoms with Gasteiger partial charge in [0.15, 0.2) is 0 Å². The minimum atomic E-state index is 1.06. The Morgan fingerprint density at radius 2 is 2.00 bits per heavy atom. The van der Waals surface area contributed by atoms with Gasteiger partial charge in [-0.2, -0.15) is 0 Å². The number of hydrogen-bond acceptors (Lipinski definition) is 0. The second-order valence-corrected chi connectivity index (χ2v) is 3.13. The van der Waals surface area contributed by atoms with Crippen molar-refractivity contribution in [1.29, 1.82) is 0 Å². The summed E-state index contributed by atoms with van der Waals surface area (Å²) in [5.41, 5.74) is 4.25. The van der Waals surface area contributed by atoms with Gasteiger partial charge in [0.05, 0.1) is 0 Å². The SMILES string of the molecule is CC=CCc1cccc(C)c1C. The van der Waals surface area contributed by atoms with Crippen LogP contribution in [0.25, 0.3) is 0 Å². The van der Waals surface area contributed by atoms with Crippen molar-refractivity contribution in [1.82, 2.24) is 0 Å². The van der Waals surface area contributed by atoms with Crippen LogP contribution in [-0.2, 0) is 6.42 Å². The van der Waals surface area contributed by atoms with Gasteiger partial charge >= 0.3 is 0 Å². The van der Waals surface area contributed by atoms with Gasteiger partial charge in [0.2, 0.25) is 0 Å². The van der Waals surface area contributed by atoms with Gasteiger partial charge in [-0.1, -0.05) is 30.4 Å². The molecule has 0 nitrogen and oxygen atoms in total. The largest absolute Gasteiger partial charge is 0.0913 e. The second kappa shape index (κ2) is 4.10. The lowest BCUT2D eigenvalue weighted by Crippen LogP contribution is -1.89. The lowest BCUT2D eigenvalue weighted by atomic mass is 10.0. The van der Waals surface area contributed by atoms with E-state index in [1.165, 1.54) is 16.7 Å². The Kier molecular flexibility index (Phi) is 3.09. The third kappa shape index (κ3) is 1.97. The van der Waals surface area contributed by atoms with E-state index >= 15 is 0 Å². The highest BCUT2D eigenvalue weighted by Gasteiger charge is 1.96. The molecule has 0 bridgehead atoms. The summed E-state index contributed by atoms with van der Waals surface area (Å²) in [6, 6.07) is 6.48. The molecule has 0 heteroatoms. The molecule has 0 radical (unpaired) electrons. The summed E-state index contributed by atoms with van der Waals surface area (Å²) in [5, 5.41) is 0. The first-order chi connectivity index (χ1) is 5.75. The predicted octanol–water partition coefficient (Wildman–Crippen LogP) is 3.42. The highest BCUT2D eigenvalue weighted by molar-refractivity contribution is 5.34. The van der Waals surface area contributed by atoms with Gasteiger partial charge < -0.3 is 0 Å². The summed E-state index contributed by atoms with van der Waals surface area (Å²) in [4.78, 5) is 0. The van der Waals surface area contributed by atoms with Crippen LogP contribution in [0.3, 0.4) is 0 Å². The summed E-state index contributed by atoms with van der Waals surface area (Å²) in [5.74, 6) is 0. The molecule has 1 rings (SSSR count). The van der Waals surface area contributed by atoms with Gasteiger partial charge in [-0.3, -0.25) is 0 Å². The van der Waals surface area contributed by atoms with Crippen LogP contribution in [0.2, 0.25) is 0 Å². The van der Waals surface area contributed by atoms with E-state index in [-0.39, 0.29) is 0 Å². The van der Waals surface area contributed by atoms with E-state index in [4.69, 9.17) is 0 Å². The van der Waals surface area contributed by atoms with Crippen molar-refractivity contribution in [3.63, 3.8) is 0 Å². The zero-order valence-corrected chi connectivity index (χ0v) is 8.09. The van der Waals surface area contributed by atoms with E-state index in [0.717, 1.165) is 6.42 Å². The molecule has 0 saturated carbocycles. The van der Waals surface area contributed by atoms with Crippen molar-refractivity contribution >= 4 is 0 Å². The minimum absolute atomic E-state index is 1.06. The maximum absolute atomic E-state index is 2.20. The van der Waals surface area contributed by atoms with E-state index in [9.17, 15) is 0 Å². The molecule has 0 spiro atoms. The third-order valence-electron chi connectivity index (χ3n) is 2.29. The first-order valence-electron chi connectivity index (χ1n) is 4.42. The van der Waals surface area contributed by atoms with Crippen molar-refractivity contribution in [3.8, 4) is 0 Å². The summed E-state index contributed by atoms with van der Waals surface area (Å²) in [6.45, 7) is 6.41. The Hall–Kier alpha value is -1.04. The highest BCUT2D eigenvalue weighted by atomic mass is 14.0. The molecule has 64 valence electrons. The van der Waals surface area contributed by atoms with Crippen LogP contribution in [0.15, 0.2) is 30.4 Å². The van der Waals surface area contributed by atoms with E-state index < -0.39 is 0 Å². The van der Waals surface area contributed by atoms with Crippen molar-refractivity contribution in [2.45, 2.75) is 27.2 Å². The molecule has 0 atom stereocenters. The van der Waals surface area contributed by atoms with Crippen LogP contribution in [0, 0.1) is 13.8 Å². The van der Waals surface area contributed by atoms with E-state index in [2.05, 4.69) is 51.1 Å². The monoisotopic (exact) mass is 160 g/mol. The molecule has 1 aromatic carbocycles. The van der Waals surface area contributed by atoms with Crippen molar-refractivity contribution in [3.05, 3.63) is 47.0 Å². The Morgan fingerprint density at radius 1 is 1.25 bits per heavy atom. The van der Waals surface area contributed by atoms with Crippen LogP contribution in [0.5, 0.6) is 0 Å². The van der Waals surface area contributed by atoms with Gasteiger partial charge in [-0.05, 0) is 43.9 Å². The summed E-state index contributed by atoms with van der Waals surface area (Å²) >= 11 is 0. The maximum Gasteiger partial charge on any atom is -0.00948 e. The predicted molar refractivity (Wildman–Crippen MR) is 54.4 cm³/mol. The lowest BCUT2D eigenvalue weighted by molar-refractivity contribution is 1.18. The fourth-order valence-corrected chi connectivity index (χ4v) is 1.28. The quantitative estimate of drug-likeness (QED) is 0.581. The molecule has 0 fully saturated rings. The van der Waals surface area contributed by atoms with E-state index in [1.54, 1.807) is 0 Å². The van der Waals surface area contributed by atoms with Gasteiger partial charge in [0, 0.05) is 0 Å². The van der Waals surface area contributed by atoms with E-state index in [0.29, 0.717) is 0 Å². The van der Waals surface area contributed by atoms with Gasteiger partial charge in [-0.25, -0.2) is 0 Å².